The van der Waals surface area contributed by atoms with Crippen LogP contribution in [0.25, 0.3) is 0 Å². The summed E-state index contributed by atoms with van der Waals surface area (Å²) in [6, 6.07) is 0. The molecule has 0 aromatic heterocycles. The Morgan fingerprint density at radius 1 is 0.867 bits per heavy atom. The van der Waals surface area contributed by atoms with Crippen LogP contribution in [0.3, 0.4) is 0 Å². The van der Waals surface area contributed by atoms with Gasteiger partial charge in [0.25, 0.3) is 0 Å². The lowest BCUT2D eigenvalue weighted by Gasteiger charge is -2.24. The van der Waals surface area contributed by atoms with E-state index in [0.717, 1.165) is 17.8 Å². The van der Waals surface area contributed by atoms with Crippen LogP contribution < -0.4 is 5.32 Å². The molecule has 15 heavy (non-hydrogen) atoms. The summed E-state index contributed by atoms with van der Waals surface area (Å²) < 4.78 is 0. The molecule has 0 rings (SSSR count). The fourth-order valence-electron chi connectivity index (χ4n) is 2.21. The first-order valence-electron chi connectivity index (χ1n) is 6.82. The second-order valence-corrected chi connectivity index (χ2v) is 5.37. The van der Waals surface area contributed by atoms with Crippen LogP contribution in [0.2, 0.25) is 0 Å². The molecule has 0 aromatic rings. The van der Waals surface area contributed by atoms with Crippen LogP contribution in [0.1, 0.15) is 60.3 Å². The van der Waals surface area contributed by atoms with Crippen molar-refractivity contribution in [3.8, 4) is 0 Å². The lowest BCUT2D eigenvalue weighted by molar-refractivity contribution is 0.296. The van der Waals surface area contributed by atoms with Crippen molar-refractivity contribution in [3.63, 3.8) is 0 Å². The highest BCUT2D eigenvalue weighted by atomic mass is 14.9. The van der Waals surface area contributed by atoms with E-state index in [4.69, 9.17) is 0 Å². The Kier molecular flexibility index (Phi) is 9.18. The first kappa shape index (κ1) is 15.0. The van der Waals surface area contributed by atoms with Crippen LogP contribution in [0, 0.1) is 17.8 Å². The summed E-state index contributed by atoms with van der Waals surface area (Å²) in [6.45, 7) is 13.9. The van der Waals surface area contributed by atoms with E-state index in [1.807, 2.05) is 0 Å². The molecule has 0 heterocycles. The lowest BCUT2D eigenvalue weighted by Crippen LogP contribution is -2.29. The highest BCUT2D eigenvalue weighted by molar-refractivity contribution is 4.69. The van der Waals surface area contributed by atoms with Gasteiger partial charge in [-0.1, -0.05) is 53.9 Å². The molecule has 2 atom stereocenters. The molecule has 0 aliphatic rings. The Balaban J connectivity index is 3.81. The Labute approximate surface area is 97.0 Å². The normalized spacial score (nSPS) is 15.6. The molecule has 2 unspecified atom stereocenters. The van der Waals surface area contributed by atoms with E-state index < -0.39 is 0 Å². The van der Waals surface area contributed by atoms with Gasteiger partial charge in [0.15, 0.2) is 0 Å². The Hall–Kier alpha value is -0.0400. The molecule has 0 fully saturated rings. The van der Waals surface area contributed by atoms with E-state index in [0.29, 0.717) is 0 Å². The Morgan fingerprint density at radius 3 is 1.93 bits per heavy atom. The minimum Gasteiger partial charge on any atom is -0.316 e. The second kappa shape index (κ2) is 9.21. The molecule has 0 amide bonds. The van der Waals surface area contributed by atoms with Gasteiger partial charge in [-0.2, -0.15) is 0 Å². The van der Waals surface area contributed by atoms with Crippen molar-refractivity contribution in [2.75, 3.05) is 13.1 Å². The molecule has 0 bridgehead atoms. The topological polar surface area (TPSA) is 12.0 Å². The van der Waals surface area contributed by atoms with E-state index in [2.05, 4.69) is 39.9 Å². The quantitative estimate of drug-likeness (QED) is 0.608. The summed E-state index contributed by atoms with van der Waals surface area (Å²) in [5.41, 5.74) is 0. The van der Waals surface area contributed by atoms with Crippen molar-refractivity contribution in [1.29, 1.82) is 0 Å². The number of nitrogens with one attached hydrogen (secondary N) is 1. The Morgan fingerprint density at radius 2 is 1.47 bits per heavy atom. The van der Waals surface area contributed by atoms with E-state index in [9.17, 15) is 0 Å². The average molecular weight is 213 g/mol. The zero-order valence-electron chi connectivity index (χ0n) is 11.5. The minimum absolute atomic E-state index is 0.772. The van der Waals surface area contributed by atoms with Gasteiger partial charge in [0.05, 0.1) is 0 Å². The predicted octanol–water partition coefficient (Wildman–Crippen LogP) is 4.08. The van der Waals surface area contributed by atoms with Crippen LogP contribution >= 0.6 is 0 Å². The third kappa shape index (κ3) is 7.84. The van der Waals surface area contributed by atoms with Crippen molar-refractivity contribution in [2.24, 2.45) is 17.8 Å². The Bertz CT molecular complexity index is 131. The molecule has 1 nitrogen and oxygen atoms in total. The molecule has 0 aromatic carbocycles. The first-order chi connectivity index (χ1) is 7.11. The molecule has 0 spiro atoms. The minimum atomic E-state index is 0.772. The van der Waals surface area contributed by atoms with Crippen LogP contribution in [-0.2, 0) is 0 Å². The maximum atomic E-state index is 3.61. The van der Waals surface area contributed by atoms with Crippen LogP contribution in [0.4, 0.5) is 0 Å². The molecule has 1 heteroatoms. The zero-order chi connectivity index (χ0) is 11.7. The van der Waals surface area contributed by atoms with Gasteiger partial charge >= 0.3 is 0 Å². The number of hydrogen-bond donors (Lipinski definition) is 1. The molecular weight excluding hydrogens is 182 g/mol. The highest BCUT2D eigenvalue weighted by Gasteiger charge is 2.15. The van der Waals surface area contributed by atoms with Gasteiger partial charge in [-0.15, -0.1) is 0 Å². The van der Waals surface area contributed by atoms with E-state index in [1.54, 1.807) is 0 Å². The van der Waals surface area contributed by atoms with E-state index in [1.165, 1.54) is 38.8 Å². The molecule has 0 radical (unpaired) electrons. The van der Waals surface area contributed by atoms with Crippen LogP contribution in [0.5, 0.6) is 0 Å². The summed E-state index contributed by atoms with van der Waals surface area (Å²) >= 11 is 0. The van der Waals surface area contributed by atoms with Crippen molar-refractivity contribution in [3.05, 3.63) is 0 Å². The third-order valence-corrected chi connectivity index (χ3v) is 3.17. The fraction of sp³-hybridized carbons (Fsp3) is 1.00. The largest absolute Gasteiger partial charge is 0.316 e. The SMILES string of the molecule is CCCC(C)C(CCC)CNCC(C)C. The lowest BCUT2D eigenvalue weighted by atomic mass is 9.86. The van der Waals surface area contributed by atoms with Crippen molar-refractivity contribution < 1.29 is 0 Å². The third-order valence-electron chi connectivity index (χ3n) is 3.17. The fourth-order valence-corrected chi connectivity index (χ4v) is 2.21. The smallest absolute Gasteiger partial charge is 0.00179 e. The number of hydrogen-bond acceptors (Lipinski definition) is 1. The first-order valence-corrected chi connectivity index (χ1v) is 6.82. The monoisotopic (exact) mass is 213 g/mol. The van der Waals surface area contributed by atoms with E-state index in [-0.39, 0.29) is 0 Å². The summed E-state index contributed by atoms with van der Waals surface area (Å²) in [6.07, 6.45) is 5.41. The van der Waals surface area contributed by atoms with Crippen molar-refractivity contribution >= 4 is 0 Å². The highest BCUT2D eigenvalue weighted by Crippen LogP contribution is 2.21. The zero-order valence-corrected chi connectivity index (χ0v) is 11.5. The maximum Gasteiger partial charge on any atom is -0.00179 e. The van der Waals surface area contributed by atoms with Gasteiger partial charge < -0.3 is 5.32 Å². The molecule has 0 aliphatic heterocycles. The summed E-state index contributed by atoms with van der Waals surface area (Å²) in [4.78, 5) is 0. The van der Waals surface area contributed by atoms with Gasteiger partial charge in [-0.3, -0.25) is 0 Å². The number of rotatable bonds is 9. The standard InChI is InChI=1S/C14H31N/c1-6-8-13(5)14(9-7-2)11-15-10-12(3)4/h12-15H,6-11H2,1-5H3. The van der Waals surface area contributed by atoms with Crippen molar-refractivity contribution in [1.82, 2.24) is 5.32 Å². The average Bonchev–Trinajstić information content (AvgIpc) is 2.16. The van der Waals surface area contributed by atoms with Gasteiger partial charge in [0, 0.05) is 0 Å². The van der Waals surface area contributed by atoms with Gasteiger partial charge in [0.2, 0.25) is 0 Å². The molecule has 0 saturated heterocycles. The summed E-state index contributed by atoms with van der Waals surface area (Å²) in [5.74, 6) is 2.54. The molecule has 92 valence electrons. The van der Waals surface area contributed by atoms with Crippen LogP contribution in [-0.4, -0.2) is 13.1 Å². The van der Waals surface area contributed by atoms with Crippen molar-refractivity contribution in [2.45, 2.75) is 60.3 Å². The molecular formula is C14H31N. The van der Waals surface area contributed by atoms with Gasteiger partial charge in [0.1, 0.15) is 0 Å². The van der Waals surface area contributed by atoms with E-state index >= 15 is 0 Å². The molecule has 0 saturated carbocycles. The molecule has 1 N–H and O–H groups in total. The maximum absolute atomic E-state index is 3.61. The second-order valence-electron chi connectivity index (χ2n) is 5.37. The van der Waals surface area contributed by atoms with Crippen LogP contribution in [0.15, 0.2) is 0 Å². The van der Waals surface area contributed by atoms with Gasteiger partial charge in [-0.25, -0.2) is 0 Å². The summed E-state index contributed by atoms with van der Waals surface area (Å²) in [5, 5.41) is 3.61. The van der Waals surface area contributed by atoms with Gasteiger partial charge in [-0.05, 0) is 37.3 Å². The summed E-state index contributed by atoms with van der Waals surface area (Å²) in [7, 11) is 0. The predicted molar refractivity (Wildman–Crippen MR) is 70.2 cm³/mol. The molecule has 0 aliphatic carbocycles.